The SMILES string of the molecule is O=C(c1ccccc1Cl)c1cc2cnc(NN3CCCCC3)nc2n1-c1c(F)cccc1F. The largest absolute Gasteiger partial charge is 0.287 e. The number of hydrogen-bond donors (Lipinski definition) is 1. The lowest BCUT2D eigenvalue weighted by Crippen LogP contribution is -2.35. The lowest BCUT2D eigenvalue weighted by molar-refractivity contribution is 0.103. The zero-order valence-corrected chi connectivity index (χ0v) is 18.3. The van der Waals surface area contributed by atoms with Gasteiger partial charge in [0.05, 0.1) is 10.7 Å². The molecule has 1 aliphatic heterocycles. The van der Waals surface area contributed by atoms with Gasteiger partial charge in [-0.3, -0.25) is 14.8 Å². The molecule has 0 amide bonds. The Labute approximate surface area is 193 Å². The van der Waals surface area contributed by atoms with Gasteiger partial charge in [0.2, 0.25) is 11.7 Å². The van der Waals surface area contributed by atoms with Crippen LogP contribution in [0.3, 0.4) is 0 Å². The number of nitrogens with zero attached hydrogens (tertiary/aromatic N) is 4. The number of para-hydroxylation sites is 1. The van der Waals surface area contributed by atoms with Crippen LogP contribution in [0.2, 0.25) is 5.02 Å². The number of benzene rings is 2. The minimum atomic E-state index is -0.815. The molecule has 0 aliphatic carbocycles. The summed E-state index contributed by atoms with van der Waals surface area (Å²) in [6.45, 7) is 1.70. The third-order valence-electron chi connectivity index (χ3n) is 5.67. The Balaban J connectivity index is 1.69. The van der Waals surface area contributed by atoms with E-state index in [0.717, 1.165) is 38.1 Å². The van der Waals surface area contributed by atoms with Gasteiger partial charge >= 0.3 is 0 Å². The zero-order valence-electron chi connectivity index (χ0n) is 17.6. The molecule has 1 fully saturated rings. The first kappa shape index (κ1) is 21.5. The molecule has 168 valence electrons. The summed E-state index contributed by atoms with van der Waals surface area (Å²) in [6.07, 6.45) is 4.82. The summed E-state index contributed by atoms with van der Waals surface area (Å²) in [5.74, 6) is -1.82. The molecule has 0 spiro atoms. The first-order chi connectivity index (χ1) is 16.0. The van der Waals surface area contributed by atoms with Crippen LogP contribution < -0.4 is 5.43 Å². The van der Waals surface area contributed by atoms with Gasteiger partial charge in [-0.05, 0) is 43.2 Å². The van der Waals surface area contributed by atoms with E-state index in [4.69, 9.17) is 11.6 Å². The van der Waals surface area contributed by atoms with E-state index in [0.29, 0.717) is 5.39 Å². The molecule has 0 bridgehead atoms. The molecule has 5 rings (SSSR count). The highest BCUT2D eigenvalue weighted by Crippen LogP contribution is 2.30. The number of carbonyl (C=O) groups is 1. The molecule has 0 radical (unpaired) electrons. The van der Waals surface area contributed by atoms with Crippen molar-refractivity contribution in [2.45, 2.75) is 19.3 Å². The highest BCUT2D eigenvalue weighted by Gasteiger charge is 2.25. The quantitative estimate of drug-likeness (QED) is 0.398. The second-order valence-electron chi connectivity index (χ2n) is 7.88. The monoisotopic (exact) mass is 467 g/mol. The smallest absolute Gasteiger partial charge is 0.239 e. The predicted molar refractivity (Wildman–Crippen MR) is 123 cm³/mol. The van der Waals surface area contributed by atoms with E-state index in [2.05, 4.69) is 15.4 Å². The van der Waals surface area contributed by atoms with Crippen LogP contribution >= 0.6 is 11.6 Å². The van der Waals surface area contributed by atoms with E-state index < -0.39 is 17.4 Å². The number of aromatic nitrogens is 3. The van der Waals surface area contributed by atoms with Gasteiger partial charge in [0.25, 0.3) is 0 Å². The van der Waals surface area contributed by atoms with Crippen molar-refractivity contribution in [1.29, 1.82) is 0 Å². The average molecular weight is 468 g/mol. The topological polar surface area (TPSA) is 63.1 Å². The maximum absolute atomic E-state index is 14.9. The van der Waals surface area contributed by atoms with E-state index in [1.807, 2.05) is 5.01 Å². The number of ketones is 1. The first-order valence-electron chi connectivity index (χ1n) is 10.7. The van der Waals surface area contributed by atoms with E-state index in [1.54, 1.807) is 24.3 Å². The van der Waals surface area contributed by atoms with Crippen LogP contribution in [-0.2, 0) is 0 Å². The van der Waals surface area contributed by atoms with Gasteiger partial charge in [0.1, 0.15) is 17.3 Å². The minimum absolute atomic E-state index is 0.0338. The van der Waals surface area contributed by atoms with E-state index in [9.17, 15) is 13.6 Å². The predicted octanol–water partition coefficient (Wildman–Crippen LogP) is 5.40. The van der Waals surface area contributed by atoms with Gasteiger partial charge in [-0.25, -0.2) is 18.8 Å². The van der Waals surface area contributed by atoms with Gasteiger partial charge < -0.3 is 0 Å². The molecule has 2 aromatic carbocycles. The van der Waals surface area contributed by atoms with Crippen LogP contribution in [-0.4, -0.2) is 38.4 Å². The van der Waals surface area contributed by atoms with Crippen molar-refractivity contribution in [2.24, 2.45) is 0 Å². The van der Waals surface area contributed by atoms with Crippen LogP contribution in [0.15, 0.2) is 54.7 Å². The van der Waals surface area contributed by atoms with Gasteiger partial charge in [0, 0.05) is 30.2 Å². The molecular weight excluding hydrogens is 448 g/mol. The number of piperidine rings is 1. The molecule has 6 nitrogen and oxygen atoms in total. The standard InChI is InChI=1S/C24H20ClF2N5O/c25-17-8-3-2-7-16(17)22(33)20-13-15-14-28-24(30-31-11-4-1-5-12-31)29-23(15)32(20)21-18(26)9-6-10-19(21)27/h2-3,6-10,13-14H,1,4-5,11-12H2,(H,28,29,30). The molecule has 1 aliphatic rings. The van der Waals surface area contributed by atoms with Crippen molar-refractivity contribution in [3.63, 3.8) is 0 Å². The summed E-state index contributed by atoms with van der Waals surface area (Å²) in [6, 6.07) is 11.6. The van der Waals surface area contributed by atoms with Crippen LogP contribution in [0.5, 0.6) is 0 Å². The molecule has 0 unspecified atom stereocenters. The molecule has 0 atom stereocenters. The molecule has 1 saturated heterocycles. The fourth-order valence-electron chi connectivity index (χ4n) is 4.07. The normalized spacial score (nSPS) is 14.5. The molecule has 3 heterocycles. The van der Waals surface area contributed by atoms with Crippen molar-refractivity contribution in [3.05, 3.63) is 82.6 Å². The summed E-state index contributed by atoms with van der Waals surface area (Å²) >= 11 is 6.24. The molecule has 2 aromatic heterocycles. The van der Waals surface area contributed by atoms with Gasteiger partial charge in [-0.15, -0.1) is 0 Å². The maximum atomic E-state index is 14.9. The molecule has 1 N–H and O–H groups in total. The van der Waals surface area contributed by atoms with Crippen molar-refractivity contribution >= 4 is 34.4 Å². The number of carbonyl (C=O) groups excluding carboxylic acids is 1. The van der Waals surface area contributed by atoms with Crippen LogP contribution in [0.25, 0.3) is 16.7 Å². The summed E-state index contributed by atoms with van der Waals surface area (Å²) in [5.41, 5.74) is 3.25. The van der Waals surface area contributed by atoms with Crippen molar-refractivity contribution in [1.82, 2.24) is 19.5 Å². The maximum Gasteiger partial charge on any atom is 0.239 e. The molecule has 33 heavy (non-hydrogen) atoms. The number of halogens is 3. The van der Waals surface area contributed by atoms with Gasteiger partial charge in [0.15, 0.2) is 5.65 Å². The second-order valence-corrected chi connectivity index (χ2v) is 8.28. The molecule has 9 heteroatoms. The number of fused-ring (bicyclic) bond motifs is 1. The number of anilines is 1. The second kappa shape index (κ2) is 8.88. The van der Waals surface area contributed by atoms with E-state index >= 15 is 0 Å². The van der Waals surface area contributed by atoms with Crippen LogP contribution in [0.4, 0.5) is 14.7 Å². The Morgan fingerprint density at radius 2 is 1.73 bits per heavy atom. The lowest BCUT2D eigenvalue weighted by atomic mass is 10.1. The highest BCUT2D eigenvalue weighted by atomic mass is 35.5. The van der Waals surface area contributed by atoms with Gasteiger partial charge in [-0.1, -0.05) is 36.2 Å². The summed E-state index contributed by atoms with van der Waals surface area (Å²) < 4.78 is 31.0. The highest BCUT2D eigenvalue weighted by molar-refractivity contribution is 6.35. The summed E-state index contributed by atoms with van der Waals surface area (Å²) in [5, 5.41) is 2.72. The zero-order chi connectivity index (χ0) is 22.9. The number of hydrogen-bond acceptors (Lipinski definition) is 5. The summed E-state index contributed by atoms with van der Waals surface area (Å²) in [7, 11) is 0. The number of hydrazine groups is 1. The van der Waals surface area contributed by atoms with E-state index in [-0.39, 0.29) is 33.6 Å². The van der Waals surface area contributed by atoms with Gasteiger partial charge in [-0.2, -0.15) is 4.98 Å². The number of nitrogens with one attached hydrogen (secondary N) is 1. The first-order valence-corrected chi connectivity index (χ1v) is 11.0. The summed E-state index contributed by atoms with van der Waals surface area (Å²) in [4.78, 5) is 22.3. The Bertz CT molecular complexity index is 1330. The van der Waals surface area contributed by atoms with Crippen LogP contribution in [0.1, 0.15) is 35.3 Å². The fraction of sp³-hybridized carbons (Fsp3) is 0.208. The Hall–Kier alpha value is -3.36. The third kappa shape index (κ3) is 4.07. The molecule has 4 aromatic rings. The molecular formula is C24H20ClF2N5O. The fourth-order valence-corrected chi connectivity index (χ4v) is 4.29. The van der Waals surface area contributed by atoms with E-state index in [1.165, 1.54) is 29.3 Å². The van der Waals surface area contributed by atoms with Crippen molar-refractivity contribution in [2.75, 3.05) is 18.5 Å². The Kier molecular flexibility index (Phi) is 5.78. The average Bonchev–Trinajstić information content (AvgIpc) is 3.18. The van der Waals surface area contributed by atoms with Crippen LogP contribution in [0, 0.1) is 11.6 Å². The number of rotatable bonds is 5. The minimum Gasteiger partial charge on any atom is -0.287 e. The Morgan fingerprint density at radius 1 is 1.00 bits per heavy atom. The molecule has 0 saturated carbocycles. The van der Waals surface area contributed by atoms with Crippen molar-refractivity contribution < 1.29 is 13.6 Å². The third-order valence-corrected chi connectivity index (χ3v) is 6.00. The van der Waals surface area contributed by atoms with Crippen molar-refractivity contribution in [3.8, 4) is 5.69 Å². The Morgan fingerprint density at radius 3 is 2.45 bits per heavy atom. The lowest BCUT2D eigenvalue weighted by Gasteiger charge is -2.26.